The molecule has 2 rings (SSSR count). The van der Waals surface area contributed by atoms with Crippen molar-refractivity contribution < 1.29 is 23.1 Å². The largest absolute Gasteiger partial charge is 0.480 e. The number of amides is 1. The van der Waals surface area contributed by atoms with Gasteiger partial charge < -0.3 is 10.4 Å². The van der Waals surface area contributed by atoms with Gasteiger partial charge >= 0.3 is 5.97 Å². The molecule has 0 radical (unpaired) electrons. The second-order valence-electron chi connectivity index (χ2n) is 5.20. The van der Waals surface area contributed by atoms with Crippen molar-refractivity contribution in [3.05, 3.63) is 0 Å². The van der Waals surface area contributed by atoms with Crippen LogP contribution in [0.1, 0.15) is 19.3 Å². The summed E-state index contributed by atoms with van der Waals surface area (Å²) in [4.78, 5) is 22.6. The van der Waals surface area contributed by atoms with Crippen LogP contribution in [0, 0.1) is 5.92 Å². The molecule has 2 unspecified atom stereocenters. The molecule has 1 aliphatic heterocycles. The van der Waals surface area contributed by atoms with E-state index < -0.39 is 21.8 Å². The topological polar surface area (TPSA) is 113 Å². The number of sulfone groups is 1. The first-order valence-corrected chi connectivity index (χ1v) is 8.15. The van der Waals surface area contributed by atoms with Crippen molar-refractivity contribution in [1.82, 2.24) is 10.6 Å². The van der Waals surface area contributed by atoms with Gasteiger partial charge in [0.15, 0.2) is 9.84 Å². The fourth-order valence-electron chi connectivity index (χ4n) is 2.28. The van der Waals surface area contributed by atoms with E-state index in [1.165, 1.54) is 0 Å². The molecule has 0 aromatic heterocycles. The van der Waals surface area contributed by atoms with Crippen LogP contribution < -0.4 is 10.6 Å². The van der Waals surface area contributed by atoms with E-state index in [4.69, 9.17) is 5.11 Å². The Morgan fingerprint density at radius 2 is 1.95 bits per heavy atom. The lowest BCUT2D eigenvalue weighted by Crippen LogP contribution is -2.46. The molecule has 7 nitrogen and oxygen atoms in total. The highest BCUT2D eigenvalue weighted by molar-refractivity contribution is 7.91. The summed E-state index contributed by atoms with van der Waals surface area (Å²) in [5.74, 6) is -1.11. The molecule has 1 heterocycles. The summed E-state index contributed by atoms with van der Waals surface area (Å²) in [5, 5.41) is 14.3. The average Bonchev–Trinajstić information content (AvgIpc) is 3.04. The van der Waals surface area contributed by atoms with Gasteiger partial charge in [0, 0.05) is 6.04 Å². The van der Waals surface area contributed by atoms with Crippen LogP contribution in [-0.4, -0.2) is 55.5 Å². The van der Waals surface area contributed by atoms with E-state index in [1.807, 2.05) is 0 Å². The maximum absolute atomic E-state index is 11.6. The van der Waals surface area contributed by atoms with Crippen molar-refractivity contribution in [1.29, 1.82) is 0 Å². The number of aliphatic carboxylic acids is 1. The molecule has 0 aromatic carbocycles. The summed E-state index contributed by atoms with van der Waals surface area (Å²) >= 11 is 0. The number of carboxylic acid groups (broad SMARTS) is 1. The Hall–Kier alpha value is -1.15. The first-order valence-electron chi connectivity index (χ1n) is 6.33. The molecule has 1 saturated carbocycles. The van der Waals surface area contributed by atoms with Gasteiger partial charge in [-0.15, -0.1) is 0 Å². The predicted octanol–water partition coefficient (Wildman–Crippen LogP) is -1.26. The van der Waals surface area contributed by atoms with Gasteiger partial charge in [-0.1, -0.05) is 0 Å². The molecule has 0 spiro atoms. The smallest absolute Gasteiger partial charge is 0.320 e. The summed E-state index contributed by atoms with van der Waals surface area (Å²) < 4.78 is 22.5. The fraction of sp³-hybridized carbons (Fsp3) is 0.818. The first kappa shape index (κ1) is 14.3. The lowest BCUT2D eigenvalue weighted by atomic mass is 10.2. The van der Waals surface area contributed by atoms with Gasteiger partial charge in [-0.05, 0) is 25.2 Å². The van der Waals surface area contributed by atoms with Crippen LogP contribution in [0.5, 0.6) is 0 Å². The van der Waals surface area contributed by atoms with E-state index in [-0.39, 0.29) is 35.9 Å². The van der Waals surface area contributed by atoms with Gasteiger partial charge in [-0.3, -0.25) is 14.9 Å². The van der Waals surface area contributed by atoms with E-state index in [0.29, 0.717) is 6.42 Å². The molecule has 108 valence electrons. The number of carbonyl (C=O) groups is 2. The van der Waals surface area contributed by atoms with Gasteiger partial charge in [0.2, 0.25) is 5.91 Å². The molecule has 1 amide bonds. The van der Waals surface area contributed by atoms with Crippen LogP contribution in [0.25, 0.3) is 0 Å². The van der Waals surface area contributed by atoms with E-state index >= 15 is 0 Å². The Bertz CT molecular complexity index is 471. The number of hydrogen-bond acceptors (Lipinski definition) is 5. The van der Waals surface area contributed by atoms with Crippen molar-refractivity contribution in [2.45, 2.75) is 31.3 Å². The third kappa shape index (κ3) is 4.17. The standard InChI is InChI=1S/C11H18N2O5S/c14-9(13-8-3-4-19(17,18)6-8)5-12-10(11(15)16)7-1-2-7/h7-8,10,12H,1-6H2,(H,13,14)(H,15,16). The molecule has 2 atom stereocenters. The van der Waals surface area contributed by atoms with Crippen LogP contribution in [0.2, 0.25) is 0 Å². The highest BCUT2D eigenvalue weighted by atomic mass is 32.2. The Morgan fingerprint density at radius 3 is 2.42 bits per heavy atom. The molecule has 19 heavy (non-hydrogen) atoms. The Balaban J connectivity index is 1.74. The van der Waals surface area contributed by atoms with Crippen LogP contribution >= 0.6 is 0 Å². The molecule has 1 saturated heterocycles. The van der Waals surface area contributed by atoms with Gasteiger partial charge in [0.05, 0.1) is 18.1 Å². The van der Waals surface area contributed by atoms with Crippen LogP contribution in [-0.2, 0) is 19.4 Å². The SMILES string of the molecule is O=C(CNC(C(=O)O)C1CC1)NC1CCS(=O)(=O)C1. The molecule has 2 aliphatic rings. The summed E-state index contributed by atoms with van der Waals surface area (Å²) in [6, 6.07) is -1.03. The number of rotatable bonds is 6. The van der Waals surface area contributed by atoms with Crippen molar-refractivity contribution in [3.63, 3.8) is 0 Å². The molecule has 0 bridgehead atoms. The highest BCUT2D eigenvalue weighted by Crippen LogP contribution is 2.32. The van der Waals surface area contributed by atoms with Gasteiger partial charge in [-0.2, -0.15) is 0 Å². The zero-order valence-corrected chi connectivity index (χ0v) is 11.3. The number of carbonyl (C=O) groups excluding carboxylic acids is 1. The normalized spacial score (nSPS) is 26.8. The number of carboxylic acids is 1. The molecule has 2 fully saturated rings. The van der Waals surface area contributed by atoms with E-state index in [2.05, 4.69) is 10.6 Å². The third-order valence-electron chi connectivity index (χ3n) is 3.44. The van der Waals surface area contributed by atoms with Gasteiger partial charge in [0.25, 0.3) is 0 Å². The minimum atomic E-state index is -3.02. The van der Waals surface area contributed by atoms with Gasteiger partial charge in [0.1, 0.15) is 6.04 Å². The van der Waals surface area contributed by atoms with Crippen molar-refractivity contribution in [3.8, 4) is 0 Å². The van der Waals surface area contributed by atoms with Crippen LogP contribution in [0.15, 0.2) is 0 Å². The maximum atomic E-state index is 11.6. The fourth-order valence-corrected chi connectivity index (χ4v) is 3.95. The van der Waals surface area contributed by atoms with E-state index in [0.717, 1.165) is 12.8 Å². The second-order valence-corrected chi connectivity index (χ2v) is 7.43. The minimum absolute atomic E-state index is 0.0241. The number of hydrogen-bond donors (Lipinski definition) is 3. The summed E-state index contributed by atoms with van der Waals surface area (Å²) in [6.45, 7) is -0.0932. The van der Waals surface area contributed by atoms with Crippen LogP contribution in [0.3, 0.4) is 0 Å². The Kier molecular flexibility index (Phi) is 4.10. The summed E-state index contributed by atoms with van der Waals surface area (Å²) in [7, 11) is -3.02. The lowest BCUT2D eigenvalue weighted by molar-refractivity contribution is -0.140. The van der Waals surface area contributed by atoms with Crippen molar-refractivity contribution >= 4 is 21.7 Å². The van der Waals surface area contributed by atoms with E-state index in [9.17, 15) is 18.0 Å². The molecule has 0 aromatic rings. The molecule has 8 heteroatoms. The van der Waals surface area contributed by atoms with Gasteiger partial charge in [-0.25, -0.2) is 8.42 Å². The third-order valence-corrected chi connectivity index (χ3v) is 5.21. The quantitative estimate of drug-likeness (QED) is 0.563. The summed E-state index contributed by atoms with van der Waals surface area (Å²) in [5.41, 5.74) is 0. The maximum Gasteiger partial charge on any atom is 0.320 e. The second kappa shape index (κ2) is 5.46. The zero-order valence-electron chi connectivity index (χ0n) is 10.5. The predicted molar refractivity (Wildman–Crippen MR) is 67.4 cm³/mol. The molecule has 1 aliphatic carbocycles. The Labute approximate surface area is 111 Å². The van der Waals surface area contributed by atoms with Crippen molar-refractivity contribution in [2.75, 3.05) is 18.1 Å². The Morgan fingerprint density at radius 1 is 1.26 bits per heavy atom. The van der Waals surface area contributed by atoms with Crippen molar-refractivity contribution in [2.24, 2.45) is 5.92 Å². The highest BCUT2D eigenvalue weighted by Gasteiger charge is 2.36. The number of nitrogens with one attached hydrogen (secondary N) is 2. The average molecular weight is 290 g/mol. The zero-order chi connectivity index (χ0) is 14.0. The molecule has 3 N–H and O–H groups in total. The minimum Gasteiger partial charge on any atom is -0.480 e. The van der Waals surface area contributed by atoms with E-state index in [1.54, 1.807) is 0 Å². The van der Waals surface area contributed by atoms with Crippen LogP contribution in [0.4, 0.5) is 0 Å². The molecular weight excluding hydrogens is 272 g/mol. The lowest BCUT2D eigenvalue weighted by Gasteiger charge is -2.15. The molecular formula is C11H18N2O5S. The first-order chi connectivity index (χ1) is 8.87. The summed E-state index contributed by atoms with van der Waals surface area (Å²) in [6.07, 6.45) is 2.16. The monoisotopic (exact) mass is 290 g/mol.